The summed E-state index contributed by atoms with van der Waals surface area (Å²) < 4.78 is 11.0. The zero-order valence-corrected chi connectivity index (χ0v) is 11.7. The molecular weight excluding hydrogens is 268 g/mol. The van der Waals surface area contributed by atoms with Crippen LogP contribution in [0.5, 0.6) is 11.5 Å². The predicted molar refractivity (Wildman–Crippen MR) is 78.1 cm³/mol. The van der Waals surface area contributed by atoms with Gasteiger partial charge in [-0.15, -0.1) is 0 Å². The number of aryl methyl sites for hydroxylation is 1. The molecule has 108 valence electrons. The fourth-order valence-electron chi connectivity index (χ4n) is 2.48. The molecule has 1 atom stereocenters. The van der Waals surface area contributed by atoms with E-state index >= 15 is 0 Å². The minimum atomic E-state index is -0.879. The monoisotopic (exact) mass is 284 g/mol. The first-order valence-corrected chi connectivity index (χ1v) is 6.84. The van der Waals surface area contributed by atoms with Gasteiger partial charge in [0.25, 0.3) is 0 Å². The Morgan fingerprint density at radius 3 is 2.29 bits per heavy atom. The first-order valence-electron chi connectivity index (χ1n) is 6.84. The third-order valence-electron chi connectivity index (χ3n) is 3.56. The van der Waals surface area contributed by atoms with Crippen LogP contribution in [0.1, 0.15) is 22.6 Å². The van der Waals surface area contributed by atoms with Crippen LogP contribution in [0.25, 0.3) is 0 Å². The van der Waals surface area contributed by atoms with E-state index in [2.05, 4.69) is 0 Å². The molecule has 0 radical (unpaired) electrons. The molecule has 21 heavy (non-hydrogen) atoms. The number of aliphatic carboxylic acids is 1. The van der Waals surface area contributed by atoms with Crippen molar-refractivity contribution < 1.29 is 19.4 Å². The van der Waals surface area contributed by atoms with E-state index in [1.165, 1.54) is 0 Å². The molecule has 2 aromatic carbocycles. The lowest BCUT2D eigenvalue weighted by Crippen LogP contribution is -2.17. The Balaban J connectivity index is 2.01. The molecule has 0 aromatic heterocycles. The van der Waals surface area contributed by atoms with Crippen LogP contribution in [0.2, 0.25) is 0 Å². The van der Waals surface area contributed by atoms with Crippen LogP contribution in [0.4, 0.5) is 0 Å². The van der Waals surface area contributed by atoms with Gasteiger partial charge in [0.2, 0.25) is 0 Å². The van der Waals surface area contributed by atoms with E-state index in [1.54, 1.807) is 18.2 Å². The SMILES string of the molecule is Cc1ccc(C(C(=O)O)c2ccc3c(c2)OCCO3)cc1. The van der Waals surface area contributed by atoms with E-state index in [0.717, 1.165) is 11.1 Å². The number of ether oxygens (including phenoxy) is 2. The molecule has 0 saturated heterocycles. The summed E-state index contributed by atoms with van der Waals surface area (Å²) in [5, 5.41) is 9.58. The maximum atomic E-state index is 11.7. The molecule has 0 spiro atoms. The summed E-state index contributed by atoms with van der Waals surface area (Å²) in [4.78, 5) is 11.7. The summed E-state index contributed by atoms with van der Waals surface area (Å²) >= 11 is 0. The Bertz CT molecular complexity index is 661. The number of hydrogen-bond acceptors (Lipinski definition) is 3. The number of carboxylic acid groups (broad SMARTS) is 1. The Kier molecular flexibility index (Phi) is 3.52. The molecule has 4 nitrogen and oxygen atoms in total. The summed E-state index contributed by atoms with van der Waals surface area (Å²) in [6.07, 6.45) is 0. The summed E-state index contributed by atoms with van der Waals surface area (Å²) in [5.41, 5.74) is 2.55. The van der Waals surface area contributed by atoms with E-state index in [4.69, 9.17) is 9.47 Å². The summed E-state index contributed by atoms with van der Waals surface area (Å²) in [6, 6.07) is 12.9. The lowest BCUT2D eigenvalue weighted by molar-refractivity contribution is -0.137. The zero-order chi connectivity index (χ0) is 14.8. The molecule has 0 bridgehead atoms. The van der Waals surface area contributed by atoms with Crippen LogP contribution in [-0.2, 0) is 4.79 Å². The van der Waals surface area contributed by atoms with Crippen molar-refractivity contribution in [2.24, 2.45) is 0 Å². The molecule has 1 heterocycles. The smallest absolute Gasteiger partial charge is 0.315 e. The van der Waals surface area contributed by atoms with Gasteiger partial charge in [0, 0.05) is 0 Å². The van der Waals surface area contributed by atoms with Crippen LogP contribution in [0.3, 0.4) is 0 Å². The number of fused-ring (bicyclic) bond motifs is 1. The maximum absolute atomic E-state index is 11.7. The predicted octanol–water partition coefficient (Wildman–Crippen LogP) is 2.98. The number of benzene rings is 2. The Labute approximate surface area is 122 Å². The van der Waals surface area contributed by atoms with E-state index in [9.17, 15) is 9.90 Å². The van der Waals surface area contributed by atoms with Gasteiger partial charge in [0.05, 0.1) is 0 Å². The van der Waals surface area contributed by atoms with Crippen molar-refractivity contribution in [3.63, 3.8) is 0 Å². The molecule has 0 amide bonds. The molecule has 4 heteroatoms. The standard InChI is InChI=1S/C17H16O4/c1-11-2-4-12(5-3-11)16(17(18)19)13-6-7-14-15(10-13)21-9-8-20-14/h2-7,10,16H,8-9H2,1H3,(H,18,19). The minimum Gasteiger partial charge on any atom is -0.486 e. The molecule has 1 unspecified atom stereocenters. The van der Waals surface area contributed by atoms with Gasteiger partial charge in [-0.3, -0.25) is 4.79 Å². The number of carboxylic acids is 1. The molecule has 0 aliphatic carbocycles. The first kappa shape index (κ1) is 13.5. The van der Waals surface area contributed by atoms with Crippen LogP contribution in [-0.4, -0.2) is 24.3 Å². The van der Waals surface area contributed by atoms with Crippen LogP contribution in [0.15, 0.2) is 42.5 Å². The molecule has 0 fully saturated rings. The van der Waals surface area contributed by atoms with Gasteiger partial charge in [-0.1, -0.05) is 35.9 Å². The second kappa shape index (κ2) is 5.48. The molecule has 1 aliphatic rings. The van der Waals surface area contributed by atoms with Gasteiger partial charge in [-0.2, -0.15) is 0 Å². The third kappa shape index (κ3) is 2.70. The van der Waals surface area contributed by atoms with Crippen LogP contribution in [0, 0.1) is 6.92 Å². The van der Waals surface area contributed by atoms with Crippen molar-refractivity contribution >= 4 is 5.97 Å². The van der Waals surface area contributed by atoms with Gasteiger partial charge < -0.3 is 14.6 Å². The molecule has 1 N–H and O–H groups in total. The van der Waals surface area contributed by atoms with Gasteiger partial charge in [-0.05, 0) is 30.2 Å². The lowest BCUT2D eigenvalue weighted by atomic mass is 9.90. The van der Waals surface area contributed by atoms with Crippen molar-refractivity contribution in [3.8, 4) is 11.5 Å². The second-order valence-corrected chi connectivity index (χ2v) is 5.09. The normalized spacial score (nSPS) is 14.5. The highest BCUT2D eigenvalue weighted by molar-refractivity contribution is 5.80. The van der Waals surface area contributed by atoms with Crippen molar-refractivity contribution in [2.45, 2.75) is 12.8 Å². The summed E-state index contributed by atoms with van der Waals surface area (Å²) in [5.74, 6) is -0.313. The maximum Gasteiger partial charge on any atom is 0.315 e. The highest BCUT2D eigenvalue weighted by Gasteiger charge is 2.24. The second-order valence-electron chi connectivity index (χ2n) is 5.09. The Morgan fingerprint density at radius 2 is 1.62 bits per heavy atom. The average Bonchev–Trinajstić information content (AvgIpc) is 2.49. The van der Waals surface area contributed by atoms with E-state index in [-0.39, 0.29) is 0 Å². The Hall–Kier alpha value is -2.49. The first-order chi connectivity index (χ1) is 10.1. The number of hydrogen-bond donors (Lipinski definition) is 1. The largest absolute Gasteiger partial charge is 0.486 e. The molecular formula is C17H16O4. The average molecular weight is 284 g/mol. The fraction of sp³-hybridized carbons (Fsp3) is 0.235. The summed E-state index contributed by atoms with van der Waals surface area (Å²) in [6.45, 7) is 2.98. The molecule has 0 saturated carbocycles. The van der Waals surface area contributed by atoms with Crippen molar-refractivity contribution in [1.29, 1.82) is 0 Å². The highest BCUT2D eigenvalue weighted by Crippen LogP contribution is 2.35. The minimum absolute atomic E-state index is 0.485. The lowest BCUT2D eigenvalue weighted by Gasteiger charge is -2.21. The number of rotatable bonds is 3. The van der Waals surface area contributed by atoms with E-state index in [0.29, 0.717) is 30.3 Å². The molecule has 1 aliphatic heterocycles. The van der Waals surface area contributed by atoms with Crippen molar-refractivity contribution in [2.75, 3.05) is 13.2 Å². The zero-order valence-electron chi connectivity index (χ0n) is 11.7. The van der Waals surface area contributed by atoms with Crippen molar-refractivity contribution in [3.05, 3.63) is 59.2 Å². The van der Waals surface area contributed by atoms with E-state index < -0.39 is 11.9 Å². The van der Waals surface area contributed by atoms with Crippen LogP contribution >= 0.6 is 0 Å². The number of carbonyl (C=O) groups is 1. The topological polar surface area (TPSA) is 55.8 Å². The fourth-order valence-corrected chi connectivity index (χ4v) is 2.48. The quantitative estimate of drug-likeness (QED) is 0.941. The van der Waals surface area contributed by atoms with Gasteiger partial charge >= 0.3 is 5.97 Å². The molecule has 2 aromatic rings. The van der Waals surface area contributed by atoms with Crippen LogP contribution < -0.4 is 9.47 Å². The van der Waals surface area contributed by atoms with Gasteiger partial charge in [0.1, 0.15) is 19.1 Å². The Morgan fingerprint density at radius 1 is 1.00 bits per heavy atom. The summed E-state index contributed by atoms with van der Waals surface area (Å²) in [7, 11) is 0. The highest BCUT2D eigenvalue weighted by atomic mass is 16.6. The van der Waals surface area contributed by atoms with Crippen molar-refractivity contribution in [1.82, 2.24) is 0 Å². The van der Waals surface area contributed by atoms with Gasteiger partial charge in [0.15, 0.2) is 11.5 Å². The van der Waals surface area contributed by atoms with E-state index in [1.807, 2.05) is 31.2 Å². The third-order valence-corrected chi connectivity index (χ3v) is 3.56. The van der Waals surface area contributed by atoms with Gasteiger partial charge in [-0.25, -0.2) is 0 Å². The molecule has 3 rings (SSSR count).